The molecule has 0 radical (unpaired) electrons. The molecule has 0 saturated carbocycles. The lowest BCUT2D eigenvalue weighted by Gasteiger charge is -2.14. The number of hydrogen-bond donors (Lipinski definition) is 1. The number of nitrogens with zero attached hydrogens (tertiary/aromatic N) is 2. The maximum atomic E-state index is 5.04. The van der Waals surface area contributed by atoms with Gasteiger partial charge in [-0.3, -0.25) is 4.68 Å². The van der Waals surface area contributed by atoms with Gasteiger partial charge in [0.25, 0.3) is 0 Å². The van der Waals surface area contributed by atoms with Crippen LogP contribution in [0.3, 0.4) is 0 Å². The van der Waals surface area contributed by atoms with Crippen molar-refractivity contribution in [2.45, 2.75) is 52.6 Å². The van der Waals surface area contributed by atoms with E-state index in [2.05, 4.69) is 35.9 Å². The summed E-state index contributed by atoms with van der Waals surface area (Å²) in [5.41, 5.74) is 2.71. The van der Waals surface area contributed by atoms with Gasteiger partial charge in [-0.25, -0.2) is 0 Å². The van der Waals surface area contributed by atoms with Gasteiger partial charge >= 0.3 is 0 Å². The lowest BCUT2D eigenvalue weighted by atomic mass is 10.1. The van der Waals surface area contributed by atoms with Gasteiger partial charge in [-0.2, -0.15) is 5.10 Å². The van der Waals surface area contributed by atoms with E-state index < -0.39 is 0 Å². The van der Waals surface area contributed by atoms with Gasteiger partial charge in [-0.1, -0.05) is 20.3 Å². The number of nitrogens with one attached hydrogen (secondary N) is 1. The van der Waals surface area contributed by atoms with Crippen LogP contribution in [0.15, 0.2) is 6.20 Å². The highest BCUT2D eigenvalue weighted by Gasteiger charge is 2.13. The SMILES string of the molecule is CCCc1c(CNCCOC)cnn1C(C)CC. The van der Waals surface area contributed by atoms with Crippen LogP contribution in [-0.2, 0) is 17.7 Å². The van der Waals surface area contributed by atoms with Crippen LogP contribution in [0.5, 0.6) is 0 Å². The lowest BCUT2D eigenvalue weighted by Crippen LogP contribution is -2.19. The topological polar surface area (TPSA) is 39.1 Å². The summed E-state index contributed by atoms with van der Waals surface area (Å²) in [7, 11) is 1.73. The van der Waals surface area contributed by atoms with E-state index in [0.29, 0.717) is 6.04 Å². The smallest absolute Gasteiger partial charge is 0.0587 e. The Hall–Kier alpha value is -0.870. The number of ether oxygens (including phenoxy) is 1. The van der Waals surface area contributed by atoms with Crippen molar-refractivity contribution < 1.29 is 4.74 Å². The van der Waals surface area contributed by atoms with Gasteiger partial charge in [-0.15, -0.1) is 0 Å². The van der Waals surface area contributed by atoms with Gasteiger partial charge in [0.2, 0.25) is 0 Å². The molecular weight excluding hydrogens is 226 g/mol. The average Bonchev–Trinajstić information content (AvgIpc) is 2.77. The molecule has 0 amide bonds. The molecule has 0 aliphatic carbocycles. The second-order valence-electron chi connectivity index (χ2n) is 4.74. The fourth-order valence-electron chi connectivity index (χ4n) is 2.03. The first-order valence-electron chi connectivity index (χ1n) is 6.99. The molecule has 1 unspecified atom stereocenters. The van der Waals surface area contributed by atoms with Crippen molar-refractivity contribution in [3.8, 4) is 0 Å². The molecule has 0 aromatic carbocycles. The molecule has 18 heavy (non-hydrogen) atoms. The molecule has 1 aromatic rings. The monoisotopic (exact) mass is 253 g/mol. The molecule has 4 nitrogen and oxygen atoms in total. The number of aromatic nitrogens is 2. The van der Waals surface area contributed by atoms with E-state index in [1.165, 1.54) is 11.3 Å². The summed E-state index contributed by atoms with van der Waals surface area (Å²) in [6.45, 7) is 9.18. The largest absolute Gasteiger partial charge is 0.383 e. The predicted molar refractivity (Wildman–Crippen MR) is 74.8 cm³/mol. The van der Waals surface area contributed by atoms with E-state index in [1.54, 1.807) is 7.11 Å². The van der Waals surface area contributed by atoms with Crippen LogP contribution in [0.2, 0.25) is 0 Å². The van der Waals surface area contributed by atoms with Crippen molar-refractivity contribution in [3.05, 3.63) is 17.5 Å². The van der Waals surface area contributed by atoms with Crippen molar-refractivity contribution in [3.63, 3.8) is 0 Å². The van der Waals surface area contributed by atoms with Crippen LogP contribution < -0.4 is 5.32 Å². The fraction of sp³-hybridized carbons (Fsp3) is 0.786. The van der Waals surface area contributed by atoms with Crippen molar-refractivity contribution in [2.75, 3.05) is 20.3 Å². The van der Waals surface area contributed by atoms with Crippen LogP contribution in [0.4, 0.5) is 0 Å². The van der Waals surface area contributed by atoms with Gasteiger partial charge in [0, 0.05) is 37.5 Å². The molecule has 104 valence electrons. The maximum absolute atomic E-state index is 5.04. The van der Waals surface area contributed by atoms with Crippen molar-refractivity contribution in [2.24, 2.45) is 0 Å². The maximum Gasteiger partial charge on any atom is 0.0587 e. The Kier molecular flexibility index (Phi) is 6.98. The zero-order chi connectivity index (χ0) is 13.4. The number of methoxy groups -OCH3 is 1. The Morgan fingerprint density at radius 3 is 2.83 bits per heavy atom. The summed E-state index contributed by atoms with van der Waals surface area (Å²) >= 11 is 0. The Balaban J connectivity index is 2.68. The van der Waals surface area contributed by atoms with Gasteiger partial charge in [0.1, 0.15) is 0 Å². The molecule has 0 spiro atoms. The molecule has 4 heteroatoms. The molecule has 0 aliphatic heterocycles. The van der Waals surface area contributed by atoms with Crippen molar-refractivity contribution >= 4 is 0 Å². The first-order valence-corrected chi connectivity index (χ1v) is 6.99. The van der Waals surface area contributed by atoms with E-state index in [1.807, 2.05) is 6.20 Å². The average molecular weight is 253 g/mol. The van der Waals surface area contributed by atoms with E-state index in [9.17, 15) is 0 Å². The van der Waals surface area contributed by atoms with Crippen molar-refractivity contribution in [1.82, 2.24) is 15.1 Å². The lowest BCUT2D eigenvalue weighted by molar-refractivity contribution is 0.199. The summed E-state index contributed by atoms with van der Waals surface area (Å²) in [6, 6.07) is 0.485. The summed E-state index contributed by atoms with van der Waals surface area (Å²) < 4.78 is 7.23. The first kappa shape index (κ1) is 15.2. The summed E-state index contributed by atoms with van der Waals surface area (Å²) in [6.07, 6.45) is 5.39. The van der Waals surface area contributed by atoms with Crippen LogP contribution in [-0.4, -0.2) is 30.0 Å². The summed E-state index contributed by atoms with van der Waals surface area (Å²) in [5, 5.41) is 7.94. The minimum atomic E-state index is 0.485. The molecule has 0 saturated heterocycles. The molecular formula is C14H27N3O. The highest BCUT2D eigenvalue weighted by atomic mass is 16.5. The van der Waals surface area contributed by atoms with E-state index >= 15 is 0 Å². The zero-order valence-electron chi connectivity index (χ0n) is 12.2. The fourth-order valence-corrected chi connectivity index (χ4v) is 2.03. The number of hydrogen-bond acceptors (Lipinski definition) is 3. The molecule has 1 N–H and O–H groups in total. The number of rotatable bonds is 9. The third-order valence-electron chi connectivity index (χ3n) is 3.28. The van der Waals surface area contributed by atoms with E-state index in [4.69, 9.17) is 4.74 Å². The third-order valence-corrected chi connectivity index (χ3v) is 3.28. The Morgan fingerprint density at radius 2 is 2.22 bits per heavy atom. The minimum absolute atomic E-state index is 0.485. The molecule has 0 bridgehead atoms. The Labute approximate surface area is 111 Å². The van der Waals surface area contributed by atoms with Gasteiger partial charge < -0.3 is 10.1 Å². The highest BCUT2D eigenvalue weighted by Crippen LogP contribution is 2.18. The normalized spacial score (nSPS) is 12.9. The molecule has 1 heterocycles. The van der Waals surface area contributed by atoms with E-state index in [-0.39, 0.29) is 0 Å². The van der Waals surface area contributed by atoms with Crippen LogP contribution in [0.1, 0.15) is 50.9 Å². The summed E-state index contributed by atoms with van der Waals surface area (Å²) in [4.78, 5) is 0. The van der Waals surface area contributed by atoms with Gasteiger partial charge in [0.05, 0.1) is 12.8 Å². The standard InChI is InChI=1S/C14H27N3O/c1-5-7-14-13(10-15-8-9-18-4)11-16-17(14)12(3)6-2/h11-12,15H,5-10H2,1-4H3. The third kappa shape index (κ3) is 4.10. The van der Waals surface area contributed by atoms with Crippen molar-refractivity contribution in [1.29, 1.82) is 0 Å². The second-order valence-corrected chi connectivity index (χ2v) is 4.74. The molecule has 0 fully saturated rings. The van der Waals surface area contributed by atoms with E-state index in [0.717, 1.165) is 39.0 Å². The highest BCUT2D eigenvalue weighted by molar-refractivity contribution is 5.18. The minimum Gasteiger partial charge on any atom is -0.383 e. The van der Waals surface area contributed by atoms with Gasteiger partial charge in [0.15, 0.2) is 0 Å². The molecule has 1 rings (SSSR count). The molecule has 1 aromatic heterocycles. The first-order chi connectivity index (χ1) is 8.74. The molecule has 1 atom stereocenters. The predicted octanol–water partition coefficient (Wildman–Crippen LogP) is 2.54. The van der Waals surface area contributed by atoms with Crippen LogP contribution in [0.25, 0.3) is 0 Å². The zero-order valence-corrected chi connectivity index (χ0v) is 12.2. The second kappa shape index (κ2) is 8.27. The Morgan fingerprint density at radius 1 is 1.44 bits per heavy atom. The summed E-state index contributed by atoms with van der Waals surface area (Å²) in [5.74, 6) is 0. The van der Waals surface area contributed by atoms with Crippen LogP contribution in [0, 0.1) is 0 Å². The van der Waals surface area contributed by atoms with Crippen LogP contribution >= 0.6 is 0 Å². The quantitative estimate of drug-likeness (QED) is 0.687. The van der Waals surface area contributed by atoms with Gasteiger partial charge in [-0.05, 0) is 19.8 Å². The Bertz CT molecular complexity index is 336. The molecule has 0 aliphatic rings.